The van der Waals surface area contributed by atoms with E-state index in [4.69, 9.17) is 5.73 Å². The summed E-state index contributed by atoms with van der Waals surface area (Å²) in [6, 6.07) is 6.79. The first-order chi connectivity index (χ1) is 9.06. The maximum Gasteiger partial charge on any atom is 0.247 e. The SMILES string of the molecule is Cc1ccc(C(N)C(=O)Nc2cnc(Br)cn2)cc1. The number of aromatic nitrogens is 2. The Balaban J connectivity index is 2.07. The van der Waals surface area contributed by atoms with Gasteiger partial charge in [0, 0.05) is 0 Å². The summed E-state index contributed by atoms with van der Waals surface area (Å²) in [5, 5.41) is 2.62. The van der Waals surface area contributed by atoms with Gasteiger partial charge in [0.25, 0.3) is 0 Å². The molecule has 0 spiro atoms. The van der Waals surface area contributed by atoms with Gasteiger partial charge in [-0.05, 0) is 28.4 Å². The molecule has 19 heavy (non-hydrogen) atoms. The van der Waals surface area contributed by atoms with Crippen LogP contribution in [-0.2, 0) is 4.79 Å². The highest BCUT2D eigenvalue weighted by Crippen LogP contribution is 2.14. The second kappa shape index (κ2) is 5.90. The molecule has 1 aromatic heterocycles. The zero-order valence-corrected chi connectivity index (χ0v) is 11.9. The summed E-state index contributed by atoms with van der Waals surface area (Å²) in [4.78, 5) is 20.0. The van der Waals surface area contributed by atoms with E-state index in [2.05, 4.69) is 31.2 Å². The third kappa shape index (κ3) is 3.59. The van der Waals surface area contributed by atoms with E-state index in [0.717, 1.165) is 11.1 Å². The van der Waals surface area contributed by atoms with Crippen LogP contribution in [0.3, 0.4) is 0 Å². The molecular formula is C13H13BrN4O. The molecule has 3 N–H and O–H groups in total. The molecule has 1 atom stereocenters. The van der Waals surface area contributed by atoms with Crippen molar-refractivity contribution in [3.63, 3.8) is 0 Å². The van der Waals surface area contributed by atoms with Crippen LogP contribution in [0, 0.1) is 6.92 Å². The van der Waals surface area contributed by atoms with Crippen LogP contribution in [0.2, 0.25) is 0 Å². The molecule has 0 aliphatic rings. The van der Waals surface area contributed by atoms with Crippen LogP contribution in [0.25, 0.3) is 0 Å². The highest BCUT2D eigenvalue weighted by molar-refractivity contribution is 9.10. The average molecular weight is 321 g/mol. The number of hydrogen-bond acceptors (Lipinski definition) is 4. The zero-order chi connectivity index (χ0) is 13.8. The van der Waals surface area contributed by atoms with Crippen LogP contribution in [0.15, 0.2) is 41.3 Å². The standard InChI is InChI=1S/C13H13BrN4O/c1-8-2-4-9(5-3-8)12(15)13(19)18-11-7-16-10(14)6-17-11/h2-7,12H,15H2,1H3,(H,17,18,19). The Bertz CT molecular complexity index is 568. The number of aryl methyl sites for hydroxylation is 1. The number of anilines is 1. The number of amides is 1. The molecule has 98 valence electrons. The lowest BCUT2D eigenvalue weighted by Gasteiger charge is -2.12. The topological polar surface area (TPSA) is 80.9 Å². The lowest BCUT2D eigenvalue weighted by Crippen LogP contribution is -2.28. The number of nitrogens with one attached hydrogen (secondary N) is 1. The first kappa shape index (κ1) is 13.6. The predicted octanol–water partition coefficient (Wildman–Crippen LogP) is 2.19. The Morgan fingerprint density at radius 2 is 1.95 bits per heavy atom. The van der Waals surface area contributed by atoms with Crippen molar-refractivity contribution in [3.8, 4) is 0 Å². The minimum absolute atomic E-state index is 0.319. The Labute approximate surface area is 119 Å². The van der Waals surface area contributed by atoms with Gasteiger partial charge in [0.05, 0.1) is 12.4 Å². The Hall–Kier alpha value is -1.79. The summed E-state index contributed by atoms with van der Waals surface area (Å²) in [7, 11) is 0. The Kier molecular flexibility index (Phi) is 4.24. The fraction of sp³-hybridized carbons (Fsp3) is 0.154. The normalized spacial score (nSPS) is 11.9. The maximum absolute atomic E-state index is 12.0. The van der Waals surface area contributed by atoms with Gasteiger partial charge in [-0.3, -0.25) is 4.79 Å². The maximum atomic E-state index is 12.0. The van der Waals surface area contributed by atoms with E-state index in [1.807, 2.05) is 31.2 Å². The molecule has 1 unspecified atom stereocenters. The van der Waals surface area contributed by atoms with Gasteiger partial charge in [-0.2, -0.15) is 0 Å². The van der Waals surface area contributed by atoms with E-state index >= 15 is 0 Å². The molecule has 0 saturated carbocycles. The lowest BCUT2D eigenvalue weighted by atomic mass is 10.1. The quantitative estimate of drug-likeness (QED) is 0.908. The number of rotatable bonds is 3. The van der Waals surface area contributed by atoms with Crippen molar-refractivity contribution < 1.29 is 4.79 Å². The molecule has 2 aromatic rings. The van der Waals surface area contributed by atoms with Crippen molar-refractivity contribution in [2.75, 3.05) is 5.32 Å². The van der Waals surface area contributed by atoms with Crippen molar-refractivity contribution >= 4 is 27.7 Å². The van der Waals surface area contributed by atoms with E-state index in [-0.39, 0.29) is 5.91 Å². The minimum Gasteiger partial charge on any atom is -0.316 e. The van der Waals surface area contributed by atoms with Crippen LogP contribution in [0.1, 0.15) is 17.2 Å². The van der Waals surface area contributed by atoms with E-state index in [1.165, 1.54) is 12.4 Å². The number of carbonyl (C=O) groups excluding carboxylic acids is 1. The summed E-state index contributed by atoms with van der Waals surface area (Å²) in [5.74, 6) is 0.0521. The Morgan fingerprint density at radius 3 is 2.53 bits per heavy atom. The van der Waals surface area contributed by atoms with Crippen molar-refractivity contribution in [1.29, 1.82) is 0 Å². The van der Waals surface area contributed by atoms with Crippen molar-refractivity contribution in [1.82, 2.24) is 9.97 Å². The van der Waals surface area contributed by atoms with Crippen LogP contribution in [-0.4, -0.2) is 15.9 Å². The zero-order valence-electron chi connectivity index (χ0n) is 10.3. The molecule has 0 bridgehead atoms. The third-order valence-corrected chi connectivity index (χ3v) is 3.00. The van der Waals surface area contributed by atoms with Gasteiger partial charge in [0.1, 0.15) is 10.6 Å². The fourth-order valence-electron chi connectivity index (χ4n) is 1.51. The van der Waals surface area contributed by atoms with Crippen molar-refractivity contribution in [2.24, 2.45) is 5.73 Å². The molecule has 2 rings (SSSR count). The number of nitrogens with two attached hydrogens (primary N) is 1. The minimum atomic E-state index is -0.731. The second-order valence-electron chi connectivity index (χ2n) is 4.10. The molecule has 6 heteroatoms. The molecule has 1 amide bonds. The monoisotopic (exact) mass is 320 g/mol. The summed E-state index contributed by atoms with van der Waals surface area (Å²) >= 11 is 3.17. The van der Waals surface area contributed by atoms with Crippen molar-refractivity contribution in [3.05, 3.63) is 52.4 Å². The lowest BCUT2D eigenvalue weighted by molar-refractivity contribution is -0.117. The summed E-state index contributed by atoms with van der Waals surface area (Å²) in [6.07, 6.45) is 2.97. The van der Waals surface area contributed by atoms with E-state index in [0.29, 0.717) is 10.4 Å². The molecule has 5 nitrogen and oxygen atoms in total. The van der Waals surface area contributed by atoms with Gasteiger partial charge >= 0.3 is 0 Å². The molecule has 1 heterocycles. The molecular weight excluding hydrogens is 308 g/mol. The summed E-state index contributed by atoms with van der Waals surface area (Å²) < 4.78 is 0.605. The molecule has 0 aliphatic carbocycles. The van der Waals surface area contributed by atoms with E-state index < -0.39 is 6.04 Å². The molecule has 0 aliphatic heterocycles. The number of halogens is 1. The molecule has 1 aromatic carbocycles. The number of benzene rings is 1. The molecule has 0 fully saturated rings. The van der Waals surface area contributed by atoms with Crippen LogP contribution < -0.4 is 11.1 Å². The number of carbonyl (C=O) groups is 1. The van der Waals surface area contributed by atoms with Gasteiger partial charge in [0.2, 0.25) is 5.91 Å². The van der Waals surface area contributed by atoms with Crippen molar-refractivity contribution in [2.45, 2.75) is 13.0 Å². The van der Waals surface area contributed by atoms with Gasteiger partial charge < -0.3 is 11.1 Å². The highest BCUT2D eigenvalue weighted by atomic mass is 79.9. The van der Waals surface area contributed by atoms with Gasteiger partial charge in [0.15, 0.2) is 5.82 Å². The first-order valence-corrected chi connectivity index (χ1v) is 6.46. The van der Waals surface area contributed by atoms with Gasteiger partial charge in [-0.15, -0.1) is 0 Å². The van der Waals surface area contributed by atoms with Crippen LogP contribution in [0.5, 0.6) is 0 Å². The average Bonchev–Trinajstić information content (AvgIpc) is 2.41. The Morgan fingerprint density at radius 1 is 1.26 bits per heavy atom. The molecule has 0 radical (unpaired) electrons. The fourth-order valence-corrected chi connectivity index (χ4v) is 1.71. The third-order valence-electron chi connectivity index (χ3n) is 2.59. The van der Waals surface area contributed by atoms with Gasteiger partial charge in [-0.1, -0.05) is 29.8 Å². The van der Waals surface area contributed by atoms with Crippen LogP contribution >= 0.6 is 15.9 Å². The largest absolute Gasteiger partial charge is 0.316 e. The summed E-state index contributed by atoms with van der Waals surface area (Å²) in [6.45, 7) is 1.98. The summed E-state index contributed by atoms with van der Waals surface area (Å²) in [5.41, 5.74) is 7.77. The number of hydrogen-bond donors (Lipinski definition) is 2. The van der Waals surface area contributed by atoms with Gasteiger partial charge in [-0.25, -0.2) is 9.97 Å². The van der Waals surface area contributed by atoms with E-state index in [9.17, 15) is 4.79 Å². The van der Waals surface area contributed by atoms with E-state index in [1.54, 1.807) is 0 Å². The first-order valence-electron chi connectivity index (χ1n) is 5.67. The second-order valence-corrected chi connectivity index (χ2v) is 4.91. The highest BCUT2D eigenvalue weighted by Gasteiger charge is 2.16. The molecule has 0 saturated heterocycles. The number of nitrogens with zero attached hydrogens (tertiary/aromatic N) is 2. The predicted molar refractivity (Wildman–Crippen MR) is 76.5 cm³/mol. The smallest absolute Gasteiger partial charge is 0.247 e. The van der Waals surface area contributed by atoms with Crippen LogP contribution in [0.4, 0.5) is 5.82 Å².